The Morgan fingerprint density at radius 1 is 1.55 bits per heavy atom. The third-order valence-corrected chi connectivity index (χ3v) is 3.40. The molecule has 20 heavy (non-hydrogen) atoms. The van der Waals surface area contributed by atoms with Crippen LogP contribution >= 0.6 is 0 Å². The Bertz CT molecular complexity index is 479. The summed E-state index contributed by atoms with van der Waals surface area (Å²) in [5.74, 6) is -1.34. The highest BCUT2D eigenvalue weighted by Crippen LogP contribution is 2.35. The van der Waals surface area contributed by atoms with Crippen LogP contribution in [0.2, 0.25) is 0 Å². The maximum Gasteiger partial charge on any atom is 0.326 e. The molecule has 110 valence electrons. The van der Waals surface area contributed by atoms with Crippen molar-refractivity contribution >= 4 is 11.9 Å². The lowest BCUT2D eigenvalue weighted by Crippen LogP contribution is -2.41. The number of hydrogen-bond acceptors (Lipinski definition) is 3. The van der Waals surface area contributed by atoms with E-state index in [2.05, 4.69) is 5.32 Å². The summed E-state index contributed by atoms with van der Waals surface area (Å²) in [5.41, 5.74) is 0.533. The molecule has 0 aliphatic heterocycles. The van der Waals surface area contributed by atoms with Crippen molar-refractivity contribution in [3.8, 4) is 0 Å². The van der Waals surface area contributed by atoms with Crippen LogP contribution in [0.4, 0.5) is 0 Å². The molecule has 1 atom stereocenters. The minimum Gasteiger partial charge on any atom is -0.480 e. The van der Waals surface area contributed by atoms with Crippen molar-refractivity contribution in [2.45, 2.75) is 37.8 Å². The number of nitrogens with one attached hydrogen (secondary N) is 1. The fourth-order valence-electron chi connectivity index (χ4n) is 2.18. The molecule has 1 heterocycles. The van der Waals surface area contributed by atoms with E-state index < -0.39 is 12.0 Å². The number of carboxylic acids is 1. The lowest BCUT2D eigenvalue weighted by molar-refractivity contribution is -0.139. The van der Waals surface area contributed by atoms with Gasteiger partial charge in [0.05, 0.1) is 0 Å². The van der Waals surface area contributed by atoms with Crippen LogP contribution in [0.25, 0.3) is 0 Å². The van der Waals surface area contributed by atoms with Gasteiger partial charge in [-0.3, -0.25) is 4.79 Å². The zero-order valence-corrected chi connectivity index (χ0v) is 11.5. The molecule has 1 amide bonds. The van der Waals surface area contributed by atoms with Crippen LogP contribution < -0.4 is 5.32 Å². The molecule has 1 fully saturated rings. The Kier molecular flexibility index (Phi) is 4.79. The second-order valence-corrected chi connectivity index (χ2v) is 5.03. The van der Waals surface area contributed by atoms with Crippen molar-refractivity contribution in [3.05, 3.63) is 24.0 Å². The second kappa shape index (κ2) is 6.56. The minimum absolute atomic E-state index is 0.327. The second-order valence-electron chi connectivity index (χ2n) is 5.03. The maximum absolute atomic E-state index is 12.2. The number of carboxylic acid groups (broad SMARTS) is 1. The average molecular weight is 280 g/mol. The van der Waals surface area contributed by atoms with Crippen LogP contribution in [0, 0.1) is 0 Å². The van der Waals surface area contributed by atoms with Gasteiger partial charge in [0.25, 0.3) is 5.91 Å². The van der Waals surface area contributed by atoms with Crippen molar-refractivity contribution in [2.75, 3.05) is 13.7 Å². The summed E-state index contributed by atoms with van der Waals surface area (Å²) in [6, 6.07) is 3.05. The first kappa shape index (κ1) is 14.6. The van der Waals surface area contributed by atoms with Gasteiger partial charge in [0.15, 0.2) is 0 Å². The number of carbonyl (C=O) groups is 2. The fraction of sp³-hybridized carbons (Fsp3) is 0.571. The molecule has 0 radical (unpaired) electrons. The Labute approximate surface area is 117 Å². The molecule has 2 N–H and O–H groups in total. The molecular weight excluding hydrogens is 260 g/mol. The first-order chi connectivity index (χ1) is 9.63. The van der Waals surface area contributed by atoms with Crippen molar-refractivity contribution in [2.24, 2.45) is 0 Å². The van der Waals surface area contributed by atoms with Crippen LogP contribution in [0.3, 0.4) is 0 Å². The molecule has 1 aromatic rings. The summed E-state index contributed by atoms with van der Waals surface area (Å²) < 4.78 is 6.82. The SMILES string of the molecule is COCCCC(NC(=O)c1cccn1C1CC1)C(=O)O. The van der Waals surface area contributed by atoms with E-state index in [4.69, 9.17) is 9.84 Å². The van der Waals surface area contributed by atoms with Gasteiger partial charge in [-0.2, -0.15) is 0 Å². The molecule has 0 spiro atoms. The largest absolute Gasteiger partial charge is 0.480 e. The Morgan fingerprint density at radius 2 is 2.30 bits per heavy atom. The van der Waals surface area contributed by atoms with Gasteiger partial charge in [0.1, 0.15) is 11.7 Å². The maximum atomic E-state index is 12.2. The molecule has 6 nitrogen and oxygen atoms in total. The van der Waals surface area contributed by atoms with E-state index in [0.29, 0.717) is 31.2 Å². The van der Waals surface area contributed by atoms with E-state index in [1.54, 1.807) is 13.2 Å². The third-order valence-electron chi connectivity index (χ3n) is 3.40. The van der Waals surface area contributed by atoms with Gasteiger partial charge in [0, 0.05) is 26.0 Å². The molecule has 1 aromatic heterocycles. The molecular formula is C14H20N2O4. The van der Waals surface area contributed by atoms with E-state index in [0.717, 1.165) is 12.8 Å². The lowest BCUT2D eigenvalue weighted by atomic mass is 10.1. The summed E-state index contributed by atoms with van der Waals surface area (Å²) in [6.07, 6.45) is 4.97. The van der Waals surface area contributed by atoms with E-state index in [1.807, 2.05) is 16.8 Å². The van der Waals surface area contributed by atoms with Crippen LogP contribution in [-0.2, 0) is 9.53 Å². The van der Waals surface area contributed by atoms with Crippen molar-refractivity contribution in [1.29, 1.82) is 0 Å². The molecule has 1 saturated carbocycles. The molecule has 2 rings (SSSR count). The molecule has 1 aliphatic rings. The number of nitrogens with zero attached hydrogens (tertiary/aromatic N) is 1. The lowest BCUT2D eigenvalue weighted by Gasteiger charge is -2.15. The first-order valence-electron chi connectivity index (χ1n) is 6.83. The fourth-order valence-corrected chi connectivity index (χ4v) is 2.18. The monoisotopic (exact) mass is 280 g/mol. The molecule has 1 aliphatic carbocycles. The average Bonchev–Trinajstić information content (AvgIpc) is 3.14. The van der Waals surface area contributed by atoms with Crippen LogP contribution in [0.5, 0.6) is 0 Å². The van der Waals surface area contributed by atoms with Crippen molar-refractivity contribution < 1.29 is 19.4 Å². The third kappa shape index (κ3) is 3.60. The number of aliphatic carboxylic acids is 1. The molecule has 0 bridgehead atoms. The van der Waals surface area contributed by atoms with Crippen molar-refractivity contribution in [3.63, 3.8) is 0 Å². The van der Waals surface area contributed by atoms with Gasteiger partial charge in [-0.1, -0.05) is 0 Å². The highest BCUT2D eigenvalue weighted by atomic mass is 16.5. The van der Waals surface area contributed by atoms with Crippen LogP contribution in [0.1, 0.15) is 42.2 Å². The van der Waals surface area contributed by atoms with Gasteiger partial charge in [0.2, 0.25) is 0 Å². The molecule has 6 heteroatoms. The highest BCUT2D eigenvalue weighted by molar-refractivity contribution is 5.95. The summed E-state index contributed by atoms with van der Waals surface area (Å²) in [5, 5.41) is 11.7. The van der Waals surface area contributed by atoms with E-state index in [9.17, 15) is 9.59 Å². The number of rotatable bonds is 8. The number of methoxy groups -OCH3 is 1. The number of ether oxygens (including phenoxy) is 1. The van der Waals surface area contributed by atoms with Gasteiger partial charge in [-0.05, 0) is 37.8 Å². The Morgan fingerprint density at radius 3 is 2.90 bits per heavy atom. The zero-order valence-electron chi connectivity index (χ0n) is 11.5. The van der Waals surface area contributed by atoms with E-state index >= 15 is 0 Å². The molecule has 1 unspecified atom stereocenters. The number of aromatic nitrogens is 1. The predicted octanol–water partition coefficient (Wildman–Crippen LogP) is 1.43. The molecule has 0 saturated heterocycles. The predicted molar refractivity (Wildman–Crippen MR) is 72.7 cm³/mol. The minimum atomic E-state index is -1.01. The molecule has 0 aromatic carbocycles. The summed E-state index contributed by atoms with van der Waals surface area (Å²) in [4.78, 5) is 23.3. The normalized spacial score (nSPS) is 15.8. The summed E-state index contributed by atoms with van der Waals surface area (Å²) in [6.45, 7) is 0.484. The number of carbonyl (C=O) groups excluding carboxylic acids is 1. The Hall–Kier alpha value is -1.82. The Balaban J connectivity index is 1.96. The summed E-state index contributed by atoms with van der Waals surface area (Å²) >= 11 is 0. The summed E-state index contributed by atoms with van der Waals surface area (Å²) in [7, 11) is 1.57. The topological polar surface area (TPSA) is 80.6 Å². The number of hydrogen-bond donors (Lipinski definition) is 2. The zero-order chi connectivity index (χ0) is 14.5. The quantitative estimate of drug-likeness (QED) is 0.706. The van der Waals surface area contributed by atoms with Crippen molar-refractivity contribution in [1.82, 2.24) is 9.88 Å². The smallest absolute Gasteiger partial charge is 0.326 e. The highest BCUT2D eigenvalue weighted by Gasteiger charge is 2.28. The van der Waals surface area contributed by atoms with E-state index in [1.165, 1.54) is 0 Å². The van der Waals surface area contributed by atoms with Gasteiger partial charge >= 0.3 is 5.97 Å². The van der Waals surface area contributed by atoms with Gasteiger partial charge in [-0.25, -0.2) is 4.79 Å². The first-order valence-corrected chi connectivity index (χ1v) is 6.83. The van der Waals surface area contributed by atoms with Gasteiger partial charge < -0.3 is 19.7 Å². The number of amides is 1. The van der Waals surface area contributed by atoms with Crippen LogP contribution in [-0.4, -0.2) is 41.3 Å². The standard InChI is InChI=1S/C14H20N2O4/c1-20-9-3-4-11(14(18)19)15-13(17)12-5-2-8-16(12)10-6-7-10/h2,5,8,10-11H,3-4,6-7,9H2,1H3,(H,15,17)(H,18,19). The van der Waals surface area contributed by atoms with Gasteiger partial charge in [-0.15, -0.1) is 0 Å². The van der Waals surface area contributed by atoms with E-state index in [-0.39, 0.29) is 5.91 Å². The van der Waals surface area contributed by atoms with Crippen LogP contribution in [0.15, 0.2) is 18.3 Å².